The van der Waals surface area contributed by atoms with Gasteiger partial charge in [0, 0.05) is 16.4 Å². The molecule has 4 nitrogen and oxygen atoms in total. The Kier molecular flexibility index (Phi) is 5.78. The molecular formula is C19H18BrF2N3O. The first-order valence-electron chi connectivity index (χ1n) is 8.21. The van der Waals surface area contributed by atoms with E-state index < -0.39 is 11.6 Å². The van der Waals surface area contributed by atoms with Crippen LogP contribution < -0.4 is 10.7 Å². The number of nitrogens with one attached hydrogen (secondary N) is 2. The molecule has 26 heavy (non-hydrogen) atoms. The summed E-state index contributed by atoms with van der Waals surface area (Å²) in [5, 5.41) is 7.20. The van der Waals surface area contributed by atoms with Crippen molar-refractivity contribution in [3.63, 3.8) is 0 Å². The molecule has 1 amide bonds. The molecule has 2 atom stereocenters. The zero-order valence-electron chi connectivity index (χ0n) is 14.1. The summed E-state index contributed by atoms with van der Waals surface area (Å²) in [6.07, 6.45) is 0.791. The van der Waals surface area contributed by atoms with Crippen molar-refractivity contribution in [3.05, 3.63) is 69.7 Å². The Morgan fingerprint density at radius 1 is 1.19 bits per heavy atom. The normalized spacial score (nSPS) is 19.3. The topological polar surface area (TPSA) is 53.5 Å². The highest BCUT2D eigenvalue weighted by Crippen LogP contribution is 2.40. The van der Waals surface area contributed by atoms with Gasteiger partial charge in [-0.25, -0.2) is 14.2 Å². The van der Waals surface area contributed by atoms with Crippen LogP contribution in [0.15, 0.2) is 52.0 Å². The number of hydrogen-bond donors (Lipinski definition) is 2. The third kappa shape index (κ3) is 4.74. The quantitative estimate of drug-likeness (QED) is 0.551. The summed E-state index contributed by atoms with van der Waals surface area (Å²) in [6.45, 7) is 1.93. The molecule has 1 aliphatic rings. The van der Waals surface area contributed by atoms with Crippen molar-refractivity contribution >= 4 is 27.5 Å². The van der Waals surface area contributed by atoms with Crippen molar-refractivity contribution in [1.82, 2.24) is 10.7 Å². The third-order valence-corrected chi connectivity index (χ3v) is 4.83. The summed E-state index contributed by atoms with van der Waals surface area (Å²) in [7, 11) is 0. The second kappa shape index (κ2) is 8.05. The van der Waals surface area contributed by atoms with Gasteiger partial charge in [0.15, 0.2) is 11.6 Å². The fraction of sp³-hybridized carbons (Fsp3) is 0.263. The van der Waals surface area contributed by atoms with Crippen LogP contribution in [-0.4, -0.2) is 24.2 Å². The summed E-state index contributed by atoms with van der Waals surface area (Å²) in [5.41, 5.74) is 4.88. The molecule has 3 rings (SSSR count). The van der Waals surface area contributed by atoms with Crippen LogP contribution in [0.4, 0.5) is 8.78 Å². The minimum Gasteiger partial charge on any atom is -0.305 e. The Bertz CT molecular complexity index is 839. The second-order valence-corrected chi connectivity index (χ2v) is 7.16. The molecule has 0 bridgehead atoms. The molecule has 0 aromatic heterocycles. The fourth-order valence-electron chi connectivity index (χ4n) is 2.70. The number of carbonyl (C=O) groups is 1. The number of halogens is 3. The Labute approximate surface area is 158 Å². The van der Waals surface area contributed by atoms with Gasteiger partial charge >= 0.3 is 0 Å². The molecular weight excluding hydrogens is 404 g/mol. The van der Waals surface area contributed by atoms with E-state index in [9.17, 15) is 13.6 Å². The smallest absolute Gasteiger partial charge is 0.254 e. The van der Waals surface area contributed by atoms with Crippen molar-refractivity contribution in [2.75, 3.05) is 6.54 Å². The van der Waals surface area contributed by atoms with Crippen LogP contribution >= 0.6 is 15.9 Å². The van der Waals surface area contributed by atoms with Gasteiger partial charge in [0.2, 0.25) is 0 Å². The molecule has 0 radical (unpaired) electrons. The Morgan fingerprint density at radius 3 is 2.62 bits per heavy atom. The van der Waals surface area contributed by atoms with Gasteiger partial charge in [0.1, 0.15) is 0 Å². The van der Waals surface area contributed by atoms with Gasteiger partial charge in [0.25, 0.3) is 5.91 Å². The van der Waals surface area contributed by atoms with Crippen LogP contribution in [0.5, 0.6) is 0 Å². The minimum atomic E-state index is -0.850. The largest absolute Gasteiger partial charge is 0.305 e. The number of benzene rings is 2. The van der Waals surface area contributed by atoms with Gasteiger partial charge in [-0.15, -0.1) is 0 Å². The van der Waals surface area contributed by atoms with E-state index >= 15 is 0 Å². The Balaban J connectivity index is 1.45. The van der Waals surface area contributed by atoms with Crippen molar-refractivity contribution in [2.45, 2.75) is 25.3 Å². The number of amides is 1. The maximum absolute atomic E-state index is 13.3. The molecule has 0 aliphatic heterocycles. The molecule has 7 heteroatoms. The maximum Gasteiger partial charge on any atom is 0.254 e. The lowest BCUT2D eigenvalue weighted by Crippen LogP contribution is -2.33. The molecule has 2 aromatic carbocycles. The molecule has 1 fully saturated rings. The number of hydrazone groups is 1. The van der Waals surface area contributed by atoms with Crippen LogP contribution in [0.25, 0.3) is 0 Å². The van der Waals surface area contributed by atoms with Gasteiger partial charge in [-0.3, -0.25) is 4.79 Å². The lowest BCUT2D eigenvalue weighted by molar-refractivity contribution is -0.120. The summed E-state index contributed by atoms with van der Waals surface area (Å²) in [4.78, 5) is 11.9. The van der Waals surface area contributed by atoms with Crippen molar-refractivity contribution < 1.29 is 13.6 Å². The van der Waals surface area contributed by atoms with Gasteiger partial charge in [-0.05, 0) is 48.7 Å². The Hall–Kier alpha value is -2.12. The van der Waals surface area contributed by atoms with E-state index in [1.54, 1.807) is 6.07 Å². The summed E-state index contributed by atoms with van der Waals surface area (Å²) < 4.78 is 27.2. The summed E-state index contributed by atoms with van der Waals surface area (Å²) in [5.74, 6) is -1.84. The average molecular weight is 422 g/mol. The number of hydrogen-bond acceptors (Lipinski definition) is 3. The van der Waals surface area contributed by atoms with E-state index in [0.717, 1.165) is 28.1 Å². The average Bonchev–Trinajstić information content (AvgIpc) is 3.40. The van der Waals surface area contributed by atoms with Crippen LogP contribution in [-0.2, 0) is 4.79 Å². The lowest BCUT2D eigenvalue weighted by Gasteiger charge is -2.05. The van der Waals surface area contributed by atoms with Crippen LogP contribution in [0.2, 0.25) is 0 Å². The van der Waals surface area contributed by atoms with Crippen LogP contribution in [0.1, 0.15) is 30.4 Å². The molecule has 1 aliphatic carbocycles. The molecule has 2 aromatic rings. The Morgan fingerprint density at radius 2 is 1.92 bits per heavy atom. The number of carbonyl (C=O) groups excluding carboxylic acids is 1. The SMILES string of the molecule is C/C(=N\NC(=O)CN[C@@H]1C[C@H]1c1ccc(F)c(F)c1)c1ccc(Br)cc1. The zero-order valence-corrected chi connectivity index (χ0v) is 15.7. The predicted molar refractivity (Wildman–Crippen MR) is 100 cm³/mol. The molecule has 0 unspecified atom stereocenters. The first-order valence-corrected chi connectivity index (χ1v) is 9.00. The van der Waals surface area contributed by atoms with Gasteiger partial charge < -0.3 is 5.32 Å². The molecule has 1 saturated carbocycles. The van der Waals surface area contributed by atoms with Crippen LogP contribution in [0.3, 0.4) is 0 Å². The first kappa shape index (κ1) is 18.7. The van der Waals surface area contributed by atoms with E-state index in [2.05, 4.69) is 31.8 Å². The molecule has 136 valence electrons. The fourth-order valence-corrected chi connectivity index (χ4v) is 2.96. The van der Waals surface area contributed by atoms with E-state index in [4.69, 9.17) is 0 Å². The van der Waals surface area contributed by atoms with E-state index in [0.29, 0.717) is 5.71 Å². The molecule has 0 saturated heterocycles. The van der Waals surface area contributed by atoms with Gasteiger partial charge in [-0.1, -0.05) is 34.1 Å². The predicted octanol–water partition coefficient (Wildman–Crippen LogP) is 3.71. The van der Waals surface area contributed by atoms with Gasteiger partial charge in [0.05, 0.1) is 12.3 Å². The van der Waals surface area contributed by atoms with Gasteiger partial charge in [-0.2, -0.15) is 5.10 Å². The third-order valence-electron chi connectivity index (χ3n) is 4.30. The maximum atomic E-state index is 13.3. The summed E-state index contributed by atoms with van der Waals surface area (Å²) in [6, 6.07) is 11.6. The van der Waals surface area contributed by atoms with E-state index in [1.807, 2.05) is 31.2 Å². The first-order chi connectivity index (χ1) is 12.4. The van der Waals surface area contributed by atoms with E-state index in [-0.39, 0.29) is 24.4 Å². The molecule has 0 spiro atoms. The monoisotopic (exact) mass is 421 g/mol. The summed E-state index contributed by atoms with van der Waals surface area (Å²) >= 11 is 3.37. The highest BCUT2D eigenvalue weighted by atomic mass is 79.9. The van der Waals surface area contributed by atoms with Crippen molar-refractivity contribution in [3.8, 4) is 0 Å². The highest BCUT2D eigenvalue weighted by molar-refractivity contribution is 9.10. The zero-order chi connectivity index (χ0) is 18.7. The lowest BCUT2D eigenvalue weighted by atomic mass is 10.1. The number of nitrogens with zero attached hydrogens (tertiary/aromatic N) is 1. The standard InChI is InChI=1S/C19H18BrF2N3O/c1-11(12-2-5-14(20)6-3-12)24-25-19(26)10-23-18-9-15(18)13-4-7-16(21)17(22)8-13/h2-8,15,18,23H,9-10H2,1H3,(H,25,26)/b24-11+/t15-,18+/m0/s1. The number of rotatable bonds is 6. The van der Waals surface area contributed by atoms with Crippen molar-refractivity contribution in [1.29, 1.82) is 0 Å². The van der Waals surface area contributed by atoms with Crippen molar-refractivity contribution in [2.24, 2.45) is 5.10 Å². The van der Waals surface area contributed by atoms with E-state index in [1.165, 1.54) is 6.07 Å². The second-order valence-electron chi connectivity index (χ2n) is 6.24. The minimum absolute atomic E-state index is 0.0853. The molecule has 0 heterocycles. The highest BCUT2D eigenvalue weighted by Gasteiger charge is 2.38. The molecule has 2 N–H and O–H groups in total. The van der Waals surface area contributed by atoms with Crippen LogP contribution in [0, 0.1) is 11.6 Å².